The standard InChI is InChI=1S/C23H23NO8/c1-30-15-11-14(12-16(31-2)22(15)32-3)19-18(20(27)13-7-5-4-6-8-13)21(28)23(29)24(19)10-9-17(25)26/h4-8,11-12,19,27H,9-10H2,1-3H3,(H,25,26)/b20-18+. The van der Waals surface area contributed by atoms with Gasteiger partial charge in [-0.3, -0.25) is 14.4 Å². The van der Waals surface area contributed by atoms with Crippen LogP contribution in [0.5, 0.6) is 17.2 Å². The summed E-state index contributed by atoms with van der Waals surface area (Å²) in [4.78, 5) is 38.1. The zero-order chi connectivity index (χ0) is 23.4. The number of benzene rings is 2. The van der Waals surface area contributed by atoms with Gasteiger partial charge in [-0.1, -0.05) is 30.3 Å². The highest BCUT2D eigenvalue weighted by Crippen LogP contribution is 2.45. The van der Waals surface area contributed by atoms with Crippen LogP contribution in [0.3, 0.4) is 0 Å². The molecule has 1 saturated heterocycles. The van der Waals surface area contributed by atoms with Crippen molar-refractivity contribution in [3.05, 3.63) is 59.2 Å². The van der Waals surface area contributed by atoms with Gasteiger partial charge in [-0.25, -0.2) is 0 Å². The summed E-state index contributed by atoms with van der Waals surface area (Å²) in [7, 11) is 4.28. The maximum Gasteiger partial charge on any atom is 0.305 e. The minimum Gasteiger partial charge on any atom is -0.507 e. The van der Waals surface area contributed by atoms with Crippen molar-refractivity contribution in [1.29, 1.82) is 0 Å². The molecule has 0 bridgehead atoms. The molecular weight excluding hydrogens is 418 g/mol. The molecule has 9 nitrogen and oxygen atoms in total. The molecule has 1 unspecified atom stereocenters. The van der Waals surface area contributed by atoms with Gasteiger partial charge in [0.1, 0.15) is 5.76 Å². The number of aliphatic hydroxyl groups is 1. The molecular formula is C23H23NO8. The molecule has 1 fully saturated rings. The molecule has 1 atom stereocenters. The molecule has 2 N–H and O–H groups in total. The summed E-state index contributed by atoms with van der Waals surface area (Å²) in [6, 6.07) is 10.4. The average Bonchev–Trinajstić information content (AvgIpc) is 3.06. The van der Waals surface area contributed by atoms with Crippen molar-refractivity contribution in [1.82, 2.24) is 4.90 Å². The predicted molar refractivity (Wildman–Crippen MR) is 114 cm³/mol. The topological polar surface area (TPSA) is 123 Å². The fourth-order valence-corrected chi connectivity index (χ4v) is 3.68. The van der Waals surface area contributed by atoms with Gasteiger partial charge in [-0.2, -0.15) is 0 Å². The van der Waals surface area contributed by atoms with Gasteiger partial charge in [0.25, 0.3) is 11.7 Å². The molecule has 0 saturated carbocycles. The number of aliphatic carboxylic acids is 1. The average molecular weight is 441 g/mol. The van der Waals surface area contributed by atoms with E-state index >= 15 is 0 Å². The van der Waals surface area contributed by atoms with E-state index < -0.39 is 23.7 Å². The lowest BCUT2D eigenvalue weighted by Crippen LogP contribution is -2.31. The molecule has 3 rings (SSSR count). The van der Waals surface area contributed by atoms with Crippen LogP contribution in [0, 0.1) is 0 Å². The van der Waals surface area contributed by atoms with Crippen molar-refractivity contribution in [2.75, 3.05) is 27.9 Å². The summed E-state index contributed by atoms with van der Waals surface area (Å²) in [6.07, 6.45) is -0.376. The lowest BCUT2D eigenvalue weighted by Gasteiger charge is -2.26. The number of ether oxygens (including phenoxy) is 3. The normalized spacial score (nSPS) is 17.3. The third-order valence-electron chi connectivity index (χ3n) is 5.16. The number of carbonyl (C=O) groups is 3. The third-order valence-corrected chi connectivity index (χ3v) is 5.16. The van der Waals surface area contributed by atoms with Gasteiger partial charge in [-0.05, 0) is 17.7 Å². The van der Waals surface area contributed by atoms with E-state index in [2.05, 4.69) is 0 Å². The van der Waals surface area contributed by atoms with Gasteiger partial charge in [0.15, 0.2) is 11.5 Å². The Morgan fingerprint density at radius 1 is 0.969 bits per heavy atom. The summed E-state index contributed by atoms with van der Waals surface area (Å²) >= 11 is 0. The van der Waals surface area contributed by atoms with Gasteiger partial charge < -0.3 is 29.3 Å². The third kappa shape index (κ3) is 4.09. The largest absolute Gasteiger partial charge is 0.507 e. The molecule has 0 radical (unpaired) electrons. The SMILES string of the molecule is COc1cc(C2/C(=C(\O)c3ccccc3)C(=O)C(=O)N2CCC(=O)O)cc(OC)c1OC. The zero-order valence-corrected chi connectivity index (χ0v) is 17.8. The Hall–Kier alpha value is -4.01. The summed E-state index contributed by atoms with van der Waals surface area (Å²) in [5.74, 6) is -2.42. The Balaban J connectivity index is 2.25. The van der Waals surface area contributed by atoms with Gasteiger partial charge in [0, 0.05) is 12.1 Å². The number of carbonyl (C=O) groups excluding carboxylic acids is 2. The number of aliphatic hydroxyl groups excluding tert-OH is 1. The van der Waals surface area contributed by atoms with E-state index in [-0.39, 0.29) is 35.8 Å². The van der Waals surface area contributed by atoms with Crippen LogP contribution in [0.1, 0.15) is 23.6 Å². The van der Waals surface area contributed by atoms with Gasteiger partial charge in [-0.15, -0.1) is 0 Å². The van der Waals surface area contributed by atoms with Crippen molar-refractivity contribution >= 4 is 23.4 Å². The second-order valence-electron chi connectivity index (χ2n) is 6.96. The molecule has 2 aromatic rings. The Morgan fingerprint density at radius 2 is 1.56 bits per heavy atom. The lowest BCUT2D eigenvalue weighted by atomic mass is 9.94. The first-order valence-electron chi connectivity index (χ1n) is 9.69. The quantitative estimate of drug-likeness (QED) is 0.364. The van der Waals surface area contributed by atoms with Crippen molar-refractivity contribution in [3.8, 4) is 17.2 Å². The second-order valence-corrected chi connectivity index (χ2v) is 6.96. The first-order chi connectivity index (χ1) is 15.3. The van der Waals surface area contributed by atoms with Crippen LogP contribution in [0.15, 0.2) is 48.0 Å². The lowest BCUT2D eigenvalue weighted by molar-refractivity contribution is -0.142. The molecule has 168 valence electrons. The predicted octanol–water partition coefficient (Wildman–Crippen LogP) is 2.61. The van der Waals surface area contributed by atoms with Crippen LogP contribution >= 0.6 is 0 Å². The highest BCUT2D eigenvalue weighted by molar-refractivity contribution is 6.46. The summed E-state index contributed by atoms with van der Waals surface area (Å²) in [5, 5.41) is 20.1. The number of carboxylic acid groups (broad SMARTS) is 1. The maximum atomic E-state index is 12.9. The van der Waals surface area contributed by atoms with E-state index in [9.17, 15) is 19.5 Å². The zero-order valence-electron chi connectivity index (χ0n) is 17.8. The number of likely N-dealkylation sites (tertiary alicyclic amines) is 1. The van der Waals surface area contributed by atoms with Crippen molar-refractivity contribution in [2.45, 2.75) is 12.5 Å². The first-order valence-corrected chi connectivity index (χ1v) is 9.69. The van der Waals surface area contributed by atoms with Crippen LogP contribution < -0.4 is 14.2 Å². The number of amides is 1. The summed E-state index contributed by atoms with van der Waals surface area (Å²) in [5.41, 5.74) is 0.587. The van der Waals surface area contributed by atoms with Crippen molar-refractivity contribution in [2.24, 2.45) is 0 Å². The van der Waals surface area contributed by atoms with Crippen molar-refractivity contribution in [3.63, 3.8) is 0 Å². The van der Waals surface area contributed by atoms with Crippen LogP contribution in [-0.2, 0) is 14.4 Å². The van der Waals surface area contributed by atoms with Crippen LogP contribution in [-0.4, -0.2) is 60.6 Å². The molecule has 9 heteroatoms. The van der Waals surface area contributed by atoms with Gasteiger partial charge in [0.05, 0.1) is 39.4 Å². The molecule has 0 aromatic heterocycles. The number of methoxy groups -OCH3 is 3. The highest BCUT2D eigenvalue weighted by atomic mass is 16.5. The Labute approximate surface area is 184 Å². The second kappa shape index (κ2) is 9.42. The van der Waals surface area contributed by atoms with E-state index in [1.54, 1.807) is 42.5 Å². The van der Waals surface area contributed by atoms with Gasteiger partial charge in [0.2, 0.25) is 5.75 Å². The minimum atomic E-state index is -1.13. The van der Waals surface area contributed by atoms with E-state index in [1.165, 1.54) is 21.3 Å². The summed E-state index contributed by atoms with van der Waals surface area (Å²) in [6.45, 7) is -0.229. The number of nitrogens with zero attached hydrogens (tertiary/aromatic N) is 1. The van der Waals surface area contributed by atoms with Crippen LogP contribution in [0.4, 0.5) is 0 Å². The number of Topliss-reactive ketones (excluding diaryl/α,β-unsaturated/α-hetero) is 1. The van der Waals surface area contributed by atoms with Crippen LogP contribution in [0.25, 0.3) is 5.76 Å². The molecule has 1 aliphatic heterocycles. The molecule has 0 spiro atoms. The van der Waals surface area contributed by atoms with E-state index in [1.807, 2.05) is 0 Å². The fraction of sp³-hybridized carbons (Fsp3) is 0.261. The smallest absolute Gasteiger partial charge is 0.305 e. The molecule has 32 heavy (non-hydrogen) atoms. The van der Waals surface area contributed by atoms with E-state index in [4.69, 9.17) is 19.3 Å². The first kappa shape index (κ1) is 22.7. The number of ketones is 1. The maximum absolute atomic E-state index is 12.9. The fourth-order valence-electron chi connectivity index (χ4n) is 3.68. The molecule has 1 amide bonds. The Kier molecular flexibility index (Phi) is 6.67. The molecule has 1 aliphatic rings. The Bertz CT molecular complexity index is 1050. The minimum absolute atomic E-state index is 0.152. The van der Waals surface area contributed by atoms with Crippen molar-refractivity contribution < 1.29 is 38.8 Å². The van der Waals surface area contributed by atoms with E-state index in [0.29, 0.717) is 16.9 Å². The highest BCUT2D eigenvalue weighted by Gasteiger charge is 2.46. The monoisotopic (exact) mass is 441 g/mol. The summed E-state index contributed by atoms with van der Waals surface area (Å²) < 4.78 is 16.1. The number of hydrogen-bond donors (Lipinski definition) is 2. The molecule has 2 aromatic carbocycles. The number of rotatable bonds is 8. The number of hydrogen-bond acceptors (Lipinski definition) is 7. The van der Waals surface area contributed by atoms with Crippen LogP contribution in [0.2, 0.25) is 0 Å². The molecule has 0 aliphatic carbocycles. The van der Waals surface area contributed by atoms with E-state index in [0.717, 1.165) is 4.90 Å². The Morgan fingerprint density at radius 3 is 2.06 bits per heavy atom. The molecule has 1 heterocycles. The van der Waals surface area contributed by atoms with Gasteiger partial charge >= 0.3 is 5.97 Å². The number of carboxylic acids is 1.